The second-order valence-corrected chi connectivity index (χ2v) is 8.54. The van der Waals surface area contributed by atoms with Crippen LogP contribution in [0, 0.1) is 22.7 Å². The fourth-order valence-corrected chi connectivity index (χ4v) is 4.04. The van der Waals surface area contributed by atoms with Crippen LogP contribution in [0.2, 0.25) is 5.02 Å². The van der Waals surface area contributed by atoms with E-state index < -0.39 is 0 Å². The number of morpholine rings is 1. The molecule has 168 valence electrons. The first-order chi connectivity index (χ1) is 16.1. The lowest BCUT2D eigenvalue weighted by Gasteiger charge is -2.23. The Hall–Kier alpha value is -3.44. The average Bonchev–Trinajstić information content (AvgIpc) is 3.56. The Balaban J connectivity index is 1.45. The highest BCUT2D eigenvalue weighted by atomic mass is 35.5. The normalized spacial score (nSPS) is 18.0. The molecule has 11 heteroatoms. The zero-order valence-corrected chi connectivity index (χ0v) is 18.6. The second kappa shape index (κ2) is 9.20. The molecule has 1 saturated carbocycles. The number of halogens is 1. The maximum Gasteiger partial charge on any atom is 0.247 e. The van der Waals surface area contributed by atoms with Crippen molar-refractivity contribution in [3.63, 3.8) is 0 Å². The molecule has 0 spiro atoms. The van der Waals surface area contributed by atoms with Crippen molar-refractivity contribution in [2.75, 3.05) is 30.3 Å². The second-order valence-electron chi connectivity index (χ2n) is 8.16. The van der Waals surface area contributed by atoms with Crippen LogP contribution in [-0.2, 0) is 11.2 Å². The van der Waals surface area contributed by atoms with Crippen LogP contribution in [0.25, 0.3) is 5.65 Å². The number of imidazole rings is 1. The third kappa shape index (κ3) is 4.69. The molecule has 2 aliphatic rings. The van der Waals surface area contributed by atoms with Crippen molar-refractivity contribution in [1.82, 2.24) is 24.9 Å². The Morgan fingerprint density at radius 1 is 1.27 bits per heavy atom. The molecule has 3 heterocycles. The molecule has 33 heavy (non-hydrogen) atoms. The summed E-state index contributed by atoms with van der Waals surface area (Å²) in [6, 6.07) is 8.10. The highest BCUT2D eigenvalue weighted by molar-refractivity contribution is 6.34. The Labute approximate surface area is 195 Å². The number of nitrogens with zero attached hydrogens (tertiary/aromatic N) is 6. The Kier molecular flexibility index (Phi) is 5.97. The van der Waals surface area contributed by atoms with Crippen molar-refractivity contribution in [2.24, 2.45) is 0 Å². The zero-order chi connectivity index (χ0) is 22.8. The van der Waals surface area contributed by atoms with E-state index >= 15 is 0 Å². The largest absolute Gasteiger partial charge is 0.376 e. The molecule has 1 saturated heterocycles. The first kappa shape index (κ1) is 21.4. The molecule has 2 aromatic heterocycles. The van der Waals surface area contributed by atoms with Crippen molar-refractivity contribution < 1.29 is 4.74 Å². The van der Waals surface area contributed by atoms with Gasteiger partial charge in [-0.25, -0.2) is 4.98 Å². The summed E-state index contributed by atoms with van der Waals surface area (Å²) in [6.45, 7) is 2.36. The molecule has 1 aliphatic carbocycles. The van der Waals surface area contributed by atoms with Crippen LogP contribution < -0.4 is 16.0 Å². The molecule has 5 rings (SSSR count). The van der Waals surface area contributed by atoms with Crippen LogP contribution in [0.15, 0.2) is 18.3 Å². The van der Waals surface area contributed by atoms with E-state index in [-0.39, 0.29) is 12.1 Å². The lowest BCUT2D eigenvalue weighted by Crippen LogP contribution is -2.38. The zero-order valence-electron chi connectivity index (χ0n) is 17.8. The number of aryl methyl sites for hydroxylation is 1. The smallest absolute Gasteiger partial charge is 0.247 e. The van der Waals surface area contributed by atoms with Crippen LogP contribution in [0.3, 0.4) is 0 Å². The quantitative estimate of drug-likeness (QED) is 0.483. The predicted octanol–water partition coefficient (Wildman–Crippen LogP) is 2.76. The maximum atomic E-state index is 9.55. The summed E-state index contributed by atoms with van der Waals surface area (Å²) >= 11 is 6.72. The van der Waals surface area contributed by atoms with E-state index in [1.807, 2.05) is 0 Å². The third-order valence-electron chi connectivity index (χ3n) is 5.66. The van der Waals surface area contributed by atoms with Gasteiger partial charge < -0.3 is 20.7 Å². The van der Waals surface area contributed by atoms with Gasteiger partial charge in [0.15, 0.2) is 17.2 Å². The number of hydrogen-bond donors (Lipinski definition) is 3. The van der Waals surface area contributed by atoms with Gasteiger partial charge in [0.2, 0.25) is 5.95 Å². The van der Waals surface area contributed by atoms with Crippen molar-refractivity contribution in [1.29, 1.82) is 10.5 Å². The molecular formula is C22H22ClN9O. The number of nitriles is 2. The Morgan fingerprint density at radius 3 is 2.88 bits per heavy atom. The van der Waals surface area contributed by atoms with Crippen LogP contribution in [-0.4, -0.2) is 51.4 Å². The Morgan fingerprint density at radius 2 is 2.15 bits per heavy atom. The fraction of sp³-hybridized carbons (Fsp3) is 0.409. The molecule has 3 aromatic rings. The Bertz CT molecular complexity index is 1270. The average molecular weight is 464 g/mol. The predicted molar refractivity (Wildman–Crippen MR) is 123 cm³/mol. The van der Waals surface area contributed by atoms with Gasteiger partial charge in [-0.1, -0.05) is 11.6 Å². The molecule has 1 atom stereocenters. The number of fused-ring (bicyclic) bond motifs is 1. The number of hydrogen-bond acceptors (Lipinski definition) is 9. The topological polar surface area (TPSA) is 136 Å². The molecule has 1 unspecified atom stereocenters. The maximum absolute atomic E-state index is 9.55. The van der Waals surface area contributed by atoms with Crippen LogP contribution in [0.4, 0.5) is 17.5 Å². The summed E-state index contributed by atoms with van der Waals surface area (Å²) < 4.78 is 7.23. The summed E-state index contributed by atoms with van der Waals surface area (Å²) in [7, 11) is 0. The summed E-state index contributed by atoms with van der Waals surface area (Å²) in [5.41, 5.74) is 2.65. The minimum absolute atomic E-state index is 0.115. The van der Waals surface area contributed by atoms with Gasteiger partial charge in [-0.05, 0) is 43.4 Å². The highest BCUT2D eigenvalue weighted by Gasteiger charge is 2.24. The molecule has 0 bridgehead atoms. The standard InChI is InChI=1S/C22H22ClN9O/c23-19-14(1-4-17-12-26-5-6-33-17)7-13(9-24)8-18(19)29-22-30-20(28-15-2-3-15)21-27-11-16(10-25)32(21)31-22/h7-8,11,15,17,26H,1-6,12H2,(H2,28,29,30,31). The van der Waals surface area contributed by atoms with Gasteiger partial charge in [-0.3, -0.25) is 0 Å². The van der Waals surface area contributed by atoms with Gasteiger partial charge in [0, 0.05) is 19.1 Å². The van der Waals surface area contributed by atoms with Crippen LogP contribution in [0.5, 0.6) is 0 Å². The van der Waals surface area contributed by atoms with Gasteiger partial charge in [0.05, 0.1) is 41.3 Å². The first-order valence-corrected chi connectivity index (χ1v) is 11.3. The number of ether oxygens (including phenoxy) is 1. The fourth-order valence-electron chi connectivity index (χ4n) is 3.79. The van der Waals surface area contributed by atoms with Gasteiger partial charge in [0.25, 0.3) is 0 Å². The number of rotatable bonds is 7. The number of nitrogens with one attached hydrogen (secondary N) is 3. The van der Waals surface area contributed by atoms with E-state index in [0.717, 1.165) is 37.9 Å². The summed E-state index contributed by atoms with van der Waals surface area (Å²) in [4.78, 5) is 8.86. The van der Waals surface area contributed by atoms with E-state index in [1.165, 1.54) is 10.7 Å². The highest BCUT2D eigenvalue weighted by Crippen LogP contribution is 2.32. The van der Waals surface area contributed by atoms with E-state index in [4.69, 9.17) is 16.3 Å². The summed E-state index contributed by atoms with van der Waals surface area (Å²) in [5, 5.41) is 33.7. The lowest BCUT2D eigenvalue weighted by atomic mass is 10.0. The number of anilines is 3. The van der Waals surface area contributed by atoms with Gasteiger partial charge >= 0.3 is 0 Å². The van der Waals surface area contributed by atoms with E-state index in [1.54, 1.807) is 12.1 Å². The summed E-state index contributed by atoms with van der Waals surface area (Å²) in [6.07, 6.45) is 5.16. The van der Waals surface area contributed by atoms with Crippen molar-refractivity contribution in [3.05, 3.63) is 40.2 Å². The molecule has 1 aliphatic heterocycles. The molecule has 10 nitrogen and oxygen atoms in total. The molecule has 0 radical (unpaired) electrons. The number of aromatic nitrogens is 4. The third-order valence-corrected chi connectivity index (χ3v) is 6.10. The number of benzene rings is 1. The van der Waals surface area contributed by atoms with Crippen LogP contribution in [0.1, 0.15) is 36.1 Å². The minimum Gasteiger partial charge on any atom is -0.376 e. The lowest BCUT2D eigenvalue weighted by molar-refractivity contribution is 0.0238. The van der Waals surface area contributed by atoms with Crippen molar-refractivity contribution in [2.45, 2.75) is 37.8 Å². The molecule has 3 N–H and O–H groups in total. The van der Waals surface area contributed by atoms with Crippen molar-refractivity contribution >= 4 is 34.7 Å². The molecule has 1 aromatic carbocycles. The van der Waals surface area contributed by atoms with Gasteiger partial charge in [-0.15, -0.1) is 5.10 Å². The molecule has 2 fully saturated rings. The SMILES string of the molecule is N#Cc1cc(CCC2CNCCO2)c(Cl)c(Nc2nc(NC3CC3)c3ncc(C#N)n3n2)c1. The first-order valence-electron chi connectivity index (χ1n) is 10.9. The van der Waals surface area contributed by atoms with Crippen molar-refractivity contribution in [3.8, 4) is 12.1 Å². The summed E-state index contributed by atoms with van der Waals surface area (Å²) in [5.74, 6) is 0.800. The monoisotopic (exact) mass is 463 g/mol. The van der Waals surface area contributed by atoms with E-state index in [9.17, 15) is 10.5 Å². The van der Waals surface area contributed by atoms with Gasteiger partial charge in [-0.2, -0.15) is 20.0 Å². The van der Waals surface area contributed by atoms with E-state index in [0.29, 0.717) is 52.5 Å². The van der Waals surface area contributed by atoms with Gasteiger partial charge in [0.1, 0.15) is 6.07 Å². The molecular weight excluding hydrogens is 442 g/mol. The minimum atomic E-state index is 0.115. The van der Waals surface area contributed by atoms with E-state index in [2.05, 4.69) is 43.2 Å². The molecule has 0 amide bonds. The van der Waals surface area contributed by atoms with Crippen LogP contribution >= 0.6 is 11.6 Å².